The number of rotatable bonds is 2. The largest absolute Gasteiger partial charge is 0.493 e. The lowest BCUT2D eigenvalue weighted by molar-refractivity contribution is 0.456. The third-order valence-electron chi connectivity index (χ3n) is 0.859. The van der Waals surface area contributed by atoms with Gasteiger partial charge < -0.3 is 5.11 Å². The Bertz CT molecular complexity index is 207. The van der Waals surface area contributed by atoms with Gasteiger partial charge in [0.15, 0.2) is 0 Å². The van der Waals surface area contributed by atoms with Crippen molar-refractivity contribution in [2.24, 2.45) is 0 Å². The van der Waals surface area contributed by atoms with Gasteiger partial charge in [-0.05, 0) is 0 Å². The molecular formula is C6H7NOS. The molecule has 0 unspecified atom stereocenters. The Labute approximate surface area is 57.5 Å². The van der Waals surface area contributed by atoms with E-state index in [2.05, 4.69) is 11.6 Å². The lowest BCUT2D eigenvalue weighted by atomic mass is 10.4. The quantitative estimate of drug-likeness (QED) is 0.634. The molecule has 0 bridgehead atoms. The summed E-state index contributed by atoms with van der Waals surface area (Å²) in [7, 11) is 0. The summed E-state index contributed by atoms with van der Waals surface area (Å²) >= 11 is 1.44. The number of hydrogen-bond donors (Lipinski definition) is 1. The minimum absolute atomic E-state index is 0.108. The van der Waals surface area contributed by atoms with Crippen LogP contribution in [-0.2, 0) is 6.42 Å². The van der Waals surface area contributed by atoms with Gasteiger partial charge in [0.1, 0.15) is 5.01 Å². The summed E-state index contributed by atoms with van der Waals surface area (Å²) < 4.78 is 0. The van der Waals surface area contributed by atoms with Gasteiger partial charge in [-0.1, -0.05) is 6.08 Å². The number of aromatic hydroxyl groups is 1. The lowest BCUT2D eigenvalue weighted by Crippen LogP contribution is -1.74. The maximum atomic E-state index is 8.74. The molecule has 1 N–H and O–H groups in total. The first-order valence-corrected chi connectivity index (χ1v) is 3.45. The molecule has 3 heteroatoms. The molecule has 1 aromatic heterocycles. The molecule has 0 fully saturated rings. The molecule has 0 atom stereocenters. The van der Waals surface area contributed by atoms with Crippen LogP contribution in [0.1, 0.15) is 5.01 Å². The van der Waals surface area contributed by atoms with Gasteiger partial charge in [-0.15, -0.1) is 17.9 Å². The minimum atomic E-state index is 0.108. The number of aromatic nitrogens is 1. The summed E-state index contributed by atoms with van der Waals surface area (Å²) in [6.45, 7) is 3.55. The topological polar surface area (TPSA) is 33.1 Å². The van der Waals surface area contributed by atoms with Crippen molar-refractivity contribution < 1.29 is 5.11 Å². The molecule has 1 aromatic rings. The van der Waals surface area contributed by atoms with Gasteiger partial charge in [-0.2, -0.15) is 0 Å². The van der Waals surface area contributed by atoms with Crippen molar-refractivity contribution in [2.75, 3.05) is 0 Å². The lowest BCUT2D eigenvalue weighted by Gasteiger charge is -1.81. The normalized spacial score (nSPS) is 9.33. The summed E-state index contributed by atoms with van der Waals surface area (Å²) in [5.41, 5.74) is 0. The van der Waals surface area contributed by atoms with Crippen LogP contribution in [0.4, 0.5) is 0 Å². The van der Waals surface area contributed by atoms with E-state index in [0.717, 1.165) is 11.4 Å². The zero-order valence-corrected chi connectivity index (χ0v) is 5.69. The average molecular weight is 141 g/mol. The molecule has 0 aliphatic carbocycles. The van der Waals surface area contributed by atoms with E-state index < -0.39 is 0 Å². The van der Waals surface area contributed by atoms with Gasteiger partial charge >= 0.3 is 0 Å². The van der Waals surface area contributed by atoms with Crippen molar-refractivity contribution in [3.8, 4) is 5.88 Å². The predicted octanol–water partition coefficient (Wildman–Crippen LogP) is 1.58. The molecule has 2 nitrogen and oxygen atoms in total. The van der Waals surface area contributed by atoms with Crippen molar-refractivity contribution in [3.05, 3.63) is 23.0 Å². The van der Waals surface area contributed by atoms with Gasteiger partial charge in [-0.3, -0.25) is 0 Å². The summed E-state index contributed by atoms with van der Waals surface area (Å²) in [5.74, 6) is 0.108. The summed E-state index contributed by atoms with van der Waals surface area (Å²) in [5, 5.41) is 11.3. The first kappa shape index (κ1) is 6.29. The highest BCUT2D eigenvalue weighted by Crippen LogP contribution is 2.14. The summed E-state index contributed by atoms with van der Waals surface area (Å²) in [4.78, 5) is 3.80. The molecule has 48 valence electrons. The van der Waals surface area contributed by atoms with E-state index in [-0.39, 0.29) is 5.88 Å². The van der Waals surface area contributed by atoms with Gasteiger partial charge in [0, 0.05) is 6.42 Å². The van der Waals surface area contributed by atoms with Crippen LogP contribution in [0.5, 0.6) is 5.88 Å². The van der Waals surface area contributed by atoms with E-state index in [1.54, 1.807) is 11.5 Å². The molecule has 1 heterocycles. The third-order valence-corrected chi connectivity index (χ3v) is 1.72. The number of hydrogen-bond acceptors (Lipinski definition) is 3. The van der Waals surface area contributed by atoms with Crippen LogP contribution < -0.4 is 0 Å². The first-order chi connectivity index (χ1) is 4.33. The van der Waals surface area contributed by atoms with Gasteiger partial charge in [0.05, 0.1) is 5.38 Å². The Morgan fingerprint density at radius 3 is 3.11 bits per heavy atom. The molecule has 1 rings (SSSR count). The zero-order valence-electron chi connectivity index (χ0n) is 4.87. The molecule has 0 spiro atoms. The molecule has 0 saturated heterocycles. The summed E-state index contributed by atoms with van der Waals surface area (Å²) in [6.07, 6.45) is 2.50. The van der Waals surface area contributed by atoms with E-state index in [9.17, 15) is 0 Å². The second-order valence-corrected chi connectivity index (χ2v) is 2.53. The van der Waals surface area contributed by atoms with Gasteiger partial charge in [0.2, 0.25) is 5.88 Å². The smallest absolute Gasteiger partial charge is 0.222 e. The molecule has 0 aromatic carbocycles. The molecule has 0 aliphatic heterocycles. The van der Waals surface area contributed by atoms with Crippen LogP contribution in [0.15, 0.2) is 18.0 Å². The molecule has 9 heavy (non-hydrogen) atoms. The van der Waals surface area contributed by atoms with Crippen LogP contribution in [-0.4, -0.2) is 10.1 Å². The molecular weight excluding hydrogens is 134 g/mol. The zero-order chi connectivity index (χ0) is 6.69. The standard InChI is InChI=1S/C6H7NOS/c1-2-3-6-7-5(8)4-9-6/h2,4,8H,1,3H2. The SMILES string of the molecule is C=CCc1nc(O)cs1. The van der Waals surface area contributed by atoms with Crippen LogP contribution >= 0.6 is 11.3 Å². The van der Waals surface area contributed by atoms with E-state index in [1.807, 2.05) is 0 Å². The van der Waals surface area contributed by atoms with Gasteiger partial charge in [-0.25, -0.2) is 4.98 Å². The average Bonchev–Trinajstić information content (AvgIpc) is 2.17. The van der Waals surface area contributed by atoms with Gasteiger partial charge in [0.25, 0.3) is 0 Å². The molecule has 0 aliphatic rings. The second kappa shape index (κ2) is 2.64. The number of thiazole rings is 1. The monoisotopic (exact) mass is 141 g/mol. The van der Waals surface area contributed by atoms with E-state index in [0.29, 0.717) is 0 Å². The Morgan fingerprint density at radius 1 is 1.89 bits per heavy atom. The van der Waals surface area contributed by atoms with Crippen LogP contribution in [0.25, 0.3) is 0 Å². The van der Waals surface area contributed by atoms with Crippen LogP contribution in [0.3, 0.4) is 0 Å². The van der Waals surface area contributed by atoms with E-state index in [4.69, 9.17) is 5.11 Å². The fraction of sp³-hybridized carbons (Fsp3) is 0.167. The number of nitrogens with zero attached hydrogens (tertiary/aromatic N) is 1. The van der Waals surface area contributed by atoms with Crippen molar-refractivity contribution in [1.82, 2.24) is 4.98 Å². The Balaban J connectivity index is 2.72. The fourth-order valence-corrected chi connectivity index (χ4v) is 1.17. The van der Waals surface area contributed by atoms with Crippen LogP contribution in [0.2, 0.25) is 0 Å². The fourth-order valence-electron chi connectivity index (χ4n) is 0.518. The molecule has 0 amide bonds. The van der Waals surface area contributed by atoms with Crippen molar-refractivity contribution >= 4 is 11.3 Å². The second-order valence-electron chi connectivity index (χ2n) is 1.59. The highest BCUT2D eigenvalue weighted by Gasteiger charge is 1.94. The van der Waals surface area contributed by atoms with Crippen LogP contribution in [0, 0.1) is 0 Å². The predicted molar refractivity (Wildman–Crippen MR) is 37.7 cm³/mol. The van der Waals surface area contributed by atoms with Crippen molar-refractivity contribution in [2.45, 2.75) is 6.42 Å². The third kappa shape index (κ3) is 1.54. The Hall–Kier alpha value is -0.830. The van der Waals surface area contributed by atoms with Crippen molar-refractivity contribution in [3.63, 3.8) is 0 Å². The van der Waals surface area contributed by atoms with E-state index in [1.165, 1.54) is 11.3 Å². The first-order valence-electron chi connectivity index (χ1n) is 2.57. The Kier molecular flexibility index (Phi) is 1.85. The minimum Gasteiger partial charge on any atom is -0.493 e. The molecule has 0 saturated carbocycles. The summed E-state index contributed by atoms with van der Waals surface area (Å²) in [6, 6.07) is 0. The van der Waals surface area contributed by atoms with Crippen molar-refractivity contribution in [1.29, 1.82) is 0 Å². The number of allylic oxidation sites excluding steroid dienone is 1. The maximum Gasteiger partial charge on any atom is 0.222 e. The maximum absolute atomic E-state index is 8.74. The highest BCUT2D eigenvalue weighted by atomic mass is 32.1. The molecule has 0 radical (unpaired) electrons. The Morgan fingerprint density at radius 2 is 2.67 bits per heavy atom. The van der Waals surface area contributed by atoms with E-state index >= 15 is 0 Å². The highest BCUT2D eigenvalue weighted by molar-refractivity contribution is 7.09.